The van der Waals surface area contributed by atoms with Gasteiger partial charge in [-0.15, -0.1) is 0 Å². The van der Waals surface area contributed by atoms with E-state index in [9.17, 15) is 9.59 Å². The summed E-state index contributed by atoms with van der Waals surface area (Å²) in [4.78, 5) is 25.7. The van der Waals surface area contributed by atoms with Crippen molar-refractivity contribution < 1.29 is 13.9 Å². The molecule has 4 rings (SSSR count). The monoisotopic (exact) mass is 418 g/mol. The van der Waals surface area contributed by atoms with Crippen molar-refractivity contribution in [1.82, 2.24) is 0 Å². The van der Waals surface area contributed by atoms with Gasteiger partial charge in [-0.3, -0.25) is 9.59 Å². The lowest BCUT2D eigenvalue weighted by Gasteiger charge is -2.11. The van der Waals surface area contributed by atoms with Gasteiger partial charge in [-0.2, -0.15) is 0 Å². The second-order valence-electron chi connectivity index (χ2n) is 7.06. The molecule has 1 aromatic heterocycles. The molecule has 0 amide bonds. The Morgan fingerprint density at radius 1 is 1.00 bits per heavy atom. The smallest absolute Gasteiger partial charge is 0.311 e. The summed E-state index contributed by atoms with van der Waals surface area (Å²) in [5.41, 5.74) is 2.69. The van der Waals surface area contributed by atoms with Crippen LogP contribution in [0.5, 0.6) is 5.75 Å². The van der Waals surface area contributed by atoms with Gasteiger partial charge in [0.25, 0.3) is 0 Å². The van der Waals surface area contributed by atoms with E-state index in [4.69, 9.17) is 20.8 Å². The highest BCUT2D eigenvalue weighted by Crippen LogP contribution is 2.32. The number of benzene rings is 3. The number of rotatable bonds is 5. The van der Waals surface area contributed by atoms with Gasteiger partial charge < -0.3 is 9.15 Å². The molecule has 0 radical (unpaired) electrons. The van der Waals surface area contributed by atoms with Gasteiger partial charge in [-0.05, 0) is 37.1 Å². The maximum absolute atomic E-state index is 13.2. The van der Waals surface area contributed by atoms with Gasteiger partial charge in [0, 0.05) is 17.0 Å². The highest BCUT2D eigenvalue weighted by Gasteiger charge is 2.20. The number of hydrogen-bond acceptors (Lipinski definition) is 4. The lowest BCUT2D eigenvalue weighted by molar-refractivity contribution is -0.134. The fraction of sp³-hybridized carbons (Fsp3) is 0.120. The quantitative estimate of drug-likeness (QED) is 0.375. The summed E-state index contributed by atoms with van der Waals surface area (Å²) in [5, 5.41) is 0.670. The van der Waals surface area contributed by atoms with Crippen LogP contribution in [-0.4, -0.2) is 5.97 Å². The molecule has 4 nitrogen and oxygen atoms in total. The Hall–Kier alpha value is -3.37. The van der Waals surface area contributed by atoms with E-state index in [-0.39, 0.29) is 23.3 Å². The summed E-state index contributed by atoms with van der Waals surface area (Å²) < 4.78 is 11.5. The molecule has 0 saturated heterocycles. The van der Waals surface area contributed by atoms with Crippen LogP contribution in [0.2, 0.25) is 5.02 Å². The Labute approximate surface area is 178 Å². The Morgan fingerprint density at radius 2 is 1.73 bits per heavy atom. The molecule has 30 heavy (non-hydrogen) atoms. The first kappa shape index (κ1) is 19.9. The Kier molecular flexibility index (Phi) is 5.68. The van der Waals surface area contributed by atoms with Crippen molar-refractivity contribution in [3.8, 4) is 17.1 Å². The number of aryl methyl sites for hydroxylation is 2. The number of fused-ring (bicyclic) bond motifs is 1. The normalized spacial score (nSPS) is 10.9. The topological polar surface area (TPSA) is 56.5 Å². The molecule has 0 bridgehead atoms. The van der Waals surface area contributed by atoms with Crippen LogP contribution < -0.4 is 10.2 Å². The zero-order valence-corrected chi connectivity index (χ0v) is 17.1. The van der Waals surface area contributed by atoms with E-state index in [1.165, 1.54) is 6.07 Å². The van der Waals surface area contributed by atoms with Gasteiger partial charge in [-0.1, -0.05) is 71.8 Å². The highest BCUT2D eigenvalue weighted by atomic mass is 35.5. The predicted molar refractivity (Wildman–Crippen MR) is 118 cm³/mol. The van der Waals surface area contributed by atoms with E-state index in [1.807, 2.05) is 61.5 Å². The standard InChI is InChI=1S/C25H19ClO4/c1-16-7-10-18(11-8-16)24-25(23(28)20-15-19(26)12-13-21(20)29-24)30-22(27)14-9-17-5-3-2-4-6-17/h2-8,10-13,15H,9,14H2,1H3. The summed E-state index contributed by atoms with van der Waals surface area (Å²) >= 11 is 6.05. The average molecular weight is 419 g/mol. The van der Waals surface area contributed by atoms with Crippen LogP contribution in [0.4, 0.5) is 0 Å². The van der Waals surface area contributed by atoms with Crippen molar-refractivity contribution in [3.05, 3.63) is 99.2 Å². The molecule has 3 aromatic carbocycles. The van der Waals surface area contributed by atoms with Crippen LogP contribution in [0.1, 0.15) is 17.5 Å². The minimum absolute atomic E-state index is 0.119. The van der Waals surface area contributed by atoms with E-state index < -0.39 is 11.4 Å². The van der Waals surface area contributed by atoms with Crippen LogP contribution in [0.3, 0.4) is 0 Å². The molecule has 5 heteroatoms. The first-order valence-electron chi connectivity index (χ1n) is 9.59. The maximum Gasteiger partial charge on any atom is 0.311 e. The zero-order valence-electron chi connectivity index (χ0n) is 16.4. The summed E-state index contributed by atoms with van der Waals surface area (Å²) in [7, 11) is 0. The van der Waals surface area contributed by atoms with Gasteiger partial charge in [-0.25, -0.2) is 0 Å². The van der Waals surface area contributed by atoms with Crippen LogP contribution >= 0.6 is 11.6 Å². The molecule has 1 heterocycles. The van der Waals surface area contributed by atoms with Crippen LogP contribution in [0.15, 0.2) is 82.0 Å². The maximum atomic E-state index is 13.2. The molecular weight excluding hydrogens is 400 g/mol. The third-order valence-electron chi connectivity index (χ3n) is 4.80. The van der Waals surface area contributed by atoms with Crippen molar-refractivity contribution >= 4 is 28.5 Å². The third kappa shape index (κ3) is 4.29. The van der Waals surface area contributed by atoms with Crippen LogP contribution in [0, 0.1) is 6.92 Å². The summed E-state index contributed by atoms with van der Waals surface area (Å²) in [6.07, 6.45) is 0.661. The average Bonchev–Trinajstić information content (AvgIpc) is 2.76. The first-order chi connectivity index (χ1) is 14.5. The number of esters is 1. The number of halogens is 1. The second kappa shape index (κ2) is 8.56. The molecular formula is C25H19ClO4. The first-order valence-corrected chi connectivity index (χ1v) is 9.97. The third-order valence-corrected chi connectivity index (χ3v) is 5.04. The molecule has 0 saturated carbocycles. The Balaban J connectivity index is 1.73. The summed E-state index contributed by atoms with van der Waals surface area (Å²) in [5.74, 6) is -0.393. The summed E-state index contributed by atoms with van der Waals surface area (Å²) in [6.45, 7) is 1.97. The van der Waals surface area contributed by atoms with Gasteiger partial charge in [0.05, 0.1) is 5.39 Å². The second-order valence-corrected chi connectivity index (χ2v) is 7.49. The van der Waals surface area contributed by atoms with Crippen molar-refractivity contribution in [3.63, 3.8) is 0 Å². The van der Waals surface area contributed by atoms with Gasteiger partial charge >= 0.3 is 5.97 Å². The van der Waals surface area contributed by atoms with E-state index in [0.717, 1.165) is 11.1 Å². The van der Waals surface area contributed by atoms with Gasteiger partial charge in [0.2, 0.25) is 11.2 Å². The Morgan fingerprint density at radius 3 is 2.47 bits per heavy atom. The highest BCUT2D eigenvalue weighted by molar-refractivity contribution is 6.31. The summed E-state index contributed by atoms with van der Waals surface area (Å²) in [6, 6.07) is 21.9. The van der Waals surface area contributed by atoms with E-state index >= 15 is 0 Å². The lowest BCUT2D eigenvalue weighted by atomic mass is 10.1. The van der Waals surface area contributed by atoms with E-state index in [2.05, 4.69) is 0 Å². The van der Waals surface area contributed by atoms with Crippen molar-refractivity contribution in [1.29, 1.82) is 0 Å². The van der Waals surface area contributed by atoms with Crippen LogP contribution in [-0.2, 0) is 11.2 Å². The molecule has 150 valence electrons. The molecule has 0 unspecified atom stereocenters. The number of ether oxygens (including phenoxy) is 1. The lowest BCUT2D eigenvalue weighted by Crippen LogP contribution is -2.16. The minimum Gasteiger partial charge on any atom is -0.452 e. The van der Waals surface area contributed by atoms with E-state index in [0.29, 0.717) is 22.6 Å². The number of hydrogen-bond donors (Lipinski definition) is 0. The van der Waals surface area contributed by atoms with Gasteiger partial charge in [0.15, 0.2) is 5.76 Å². The molecule has 0 atom stereocenters. The molecule has 4 aromatic rings. The molecule has 0 aliphatic carbocycles. The molecule has 0 fully saturated rings. The van der Waals surface area contributed by atoms with E-state index in [1.54, 1.807) is 12.1 Å². The van der Waals surface area contributed by atoms with Crippen molar-refractivity contribution in [2.75, 3.05) is 0 Å². The predicted octanol–water partition coefficient (Wildman–Crippen LogP) is 5.96. The minimum atomic E-state index is -0.499. The SMILES string of the molecule is Cc1ccc(-c2oc3ccc(Cl)cc3c(=O)c2OC(=O)CCc2ccccc2)cc1. The van der Waals surface area contributed by atoms with Gasteiger partial charge in [0.1, 0.15) is 5.58 Å². The Bertz CT molecular complexity index is 1260. The molecule has 0 aliphatic rings. The largest absolute Gasteiger partial charge is 0.452 e. The zero-order chi connectivity index (χ0) is 21.1. The molecule has 0 aliphatic heterocycles. The molecule has 0 N–H and O–H groups in total. The molecule has 0 spiro atoms. The van der Waals surface area contributed by atoms with Crippen molar-refractivity contribution in [2.45, 2.75) is 19.8 Å². The number of carbonyl (C=O) groups is 1. The fourth-order valence-electron chi connectivity index (χ4n) is 3.19. The van der Waals surface area contributed by atoms with Crippen LogP contribution in [0.25, 0.3) is 22.3 Å². The number of carbonyl (C=O) groups excluding carboxylic acids is 1. The fourth-order valence-corrected chi connectivity index (χ4v) is 3.37. The van der Waals surface area contributed by atoms with Crippen molar-refractivity contribution in [2.24, 2.45) is 0 Å².